The Morgan fingerprint density at radius 2 is 1.44 bits per heavy atom. The lowest BCUT2D eigenvalue weighted by Crippen LogP contribution is -2.00. The largest absolute Gasteiger partial charge is 0.483 e. The second-order valence-electron chi connectivity index (χ2n) is 3.69. The summed E-state index contributed by atoms with van der Waals surface area (Å²) >= 11 is 0. The average molecular weight is 212 g/mol. The van der Waals surface area contributed by atoms with Gasteiger partial charge in [0.25, 0.3) is 6.47 Å². The normalized spacial score (nSPS) is 10.8. The fourth-order valence-electron chi connectivity index (χ4n) is 1.87. The minimum atomic E-state index is -0.250. The highest BCUT2D eigenvalue weighted by Crippen LogP contribution is 2.29. The molecule has 0 amide bonds. The minimum Gasteiger partial charge on any atom is -0.483 e. The molecule has 0 heterocycles. The number of carboxylic acid groups (broad SMARTS) is 1. The number of carbonyl (C=O) groups is 1. The first kappa shape index (κ1) is 10.4. The Bertz CT molecular complexity index is 469. The topological polar surface area (TPSA) is 37.3 Å². The van der Waals surface area contributed by atoms with Crippen molar-refractivity contribution in [2.45, 2.75) is 6.42 Å². The Morgan fingerprint density at radius 1 is 0.938 bits per heavy atom. The monoisotopic (exact) mass is 212 g/mol. The number of benzene rings is 2. The van der Waals surface area contributed by atoms with Crippen LogP contribution in [0.3, 0.4) is 0 Å². The molecule has 1 N–H and O–H groups in total. The van der Waals surface area contributed by atoms with Crippen molar-refractivity contribution in [3.8, 4) is 11.1 Å². The zero-order valence-corrected chi connectivity index (χ0v) is 8.76. The van der Waals surface area contributed by atoms with Crippen LogP contribution in [0.4, 0.5) is 0 Å². The van der Waals surface area contributed by atoms with Gasteiger partial charge in [0.2, 0.25) is 0 Å². The highest BCUT2D eigenvalue weighted by atomic mass is 16.3. The van der Waals surface area contributed by atoms with Crippen LogP contribution in [-0.4, -0.2) is 11.6 Å². The lowest BCUT2D eigenvalue weighted by Gasteiger charge is -2.17. The zero-order chi connectivity index (χ0) is 11.4. The molecule has 2 bridgehead atoms. The summed E-state index contributed by atoms with van der Waals surface area (Å²) in [7, 11) is 0. The minimum absolute atomic E-state index is 0.250. The van der Waals surface area contributed by atoms with Gasteiger partial charge in [-0.2, -0.15) is 0 Å². The standard InChI is InChI=1S/C13H10.CH2O2/c1-2-4-12(5-3-1)13-8-10-6-11(7-10)9-13;2-1-3/h1-6,8-9H,7H2;1H,(H,2,3). The molecule has 2 heteroatoms. The summed E-state index contributed by atoms with van der Waals surface area (Å²) in [5, 5.41) is 6.89. The average Bonchev–Trinajstić information content (AvgIpc) is 2.31. The van der Waals surface area contributed by atoms with Crippen LogP contribution in [0.15, 0.2) is 48.5 Å². The number of fused-ring (bicyclic) bond motifs is 2. The lowest BCUT2D eigenvalue weighted by atomic mass is 9.88. The molecule has 2 aliphatic carbocycles. The van der Waals surface area contributed by atoms with Crippen molar-refractivity contribution < 1.29 is 9.90 Å². The van der Waals surface area contributed by atoms with Gasteiger partial charge >= 0.3 is 0 Å². The maximum absolute atomic E-state index is 8.36. The summed E-state index contributed by atoms with van der Waals surface area (Å²) in [5.74, 6) is 0. The molecule has 80 valence electrons. The molecule has 0 aliphatic heterocycles. The number of hydrogen-bond acceptors (Lipinski definition) is 1. The van der Waals surface area contributed by atoms with Crippen LogP contribution in [0, 0.1) is 0 Å². The molecule has 0 saturated heterocycles. The van der Waals surface area contributed by atoms with Crippen LogP contribution in [0.5, 0.6) is 0 Å². The Labute approximate surface area is 94.2 Å². The molecule has 2 aromatic carbocycles. The van der Waals surface area contributed by atoms with Crippen LogP contribution in [-0.2, 0) is 11.2 Å². The summed E-state index contributed by atoms with van der Waals surface area (Å²) in [4.78, 5) is 8.36. The predicted octanol–water partition coefficient (Wildman–Crippen LogP) is 2.96. The Morgan fingerprint density at radius 3 is 1.94 bits per heavy atom. The van der Waals surface area contributed by atoms with Crippen LogP contribution in [0.2, 0.25) is 0 Å². The maximum Gasteiger partial charge on any atom is 0.290 e. The Hall–Kier alpha value is -2.09. The molecule has 2 aromatic rings. The van der Waals surface area contributed by atoms with Crippen molar-refractivity contribution in [2.24, 2.45) is 0 Å². The van der Waals surface area contributed by atoms with E-state index in [2.05, 4.69) is 48.5 Å². The Balaban J connectivity index is 0.000000292. The van der Waals surface area contributed by atoms with E-state index in [-0.39, 0.29) is 6.47 Å². The van der Waals surface area contributed by atoms with Gasteiger partial charge in [-0.15, -0.1) is 0 Å². The van der Waals surface area contributed by atoms with Crippen molar-refractivity contribution in [3.63, 3.8) is 0 Å². The first-order chi connectivity index (χ1) is 7.83. The highest BCUT2D eigenvalue weighted by molar-refractivity contribution is 5.67. The van der Waals surface area contributed by atoms with Gasteiger partial charge < -0.3 is 5.11 Å². The third-order valence-corrected chi connectivity index (χ3v) is 2.57. The van der Waals surface area contributed by atoms with Gasteiger partial charge in [-0.05, 0) is 28.7 Å². The predicted molar refractivity (Wildman–Crippen MR) is 63.4 cm³/mol. The molecule has 0 spiro atoms. The summed E-state index contributed by atoms with van der Waals surface area (Å²) in [6, 6.07) is 17.4. The van der Waals surface area contributed by atoms with E-state index in [9.17, 15) is 0 Å². The molecule has 0 atom stereocenters. The van der Waals surface area contributed by atoms with Gasteiger partial charge in [0, 0.05) is 0 Å². The molecule has 0 unspecified atom stereocenters. The summed E-state index contributed by atoms with van der Waals surface area (Å²) in [6.07, 6.45) is 1.18. The molecule has 4 rings (SSSR count). The van der Waals surface area contributed by atoms with Crippen LogP contribution in [0.1, 0.15) is 11.1 Å². The molecule has 0 aromatic heterocycles. The van der Waals surface area contributed by atoms with E-state index in [0.29, 0.717) is 0 Å². The first-order valence-electron chi connectivity index (χ1n) is 5.09. The van der Waals surface area contributed by atoms with E-state index in [1.807, 2.05) is 0 Å². The molecule has 0 radical (unpaired) electrons. The van der Waals surface area contributed by atoms with Gasteiger partial charge in [-0.25, -0.2) is 0 Å². The van der Waals surface area contributed by atoms with Crippen molar-refractivity contribution in [2.75, 3.05) is 0 Å². The van der Waals surface area contributed by atoms with E-state index in [1.165, 1.54) is 28.7 Å². The van der Waals surface area contributed by atoms with Crippen molar-refractivity contribution in [3.05, 3.63) is 59.7 Å². The highest BCUT2D eigenvalue weighted by Gasteiger charge is 2.10. The van der Waals surface area contributed by atoms with Gasteiger partial charge in [-0.1, -0.05) is 48.5 Å². The fourth-order valence-corrected chi connectivity index (χ4v) is 1.87. The van der Waals surface area contributed by atoms with Crippen molar-refractivity contribution >= 4 is 6.47 Å². The third kappa shape index (κ3) is 2.11. The lowest BCUT2D eigenvalue weighted by molar-refractivity contribution is -0.122. The molecule has 16 heavy (non-hydrogen) atoms. The number of hydrogen-bond donors (Lipinski definition) is 1. The number of rotatable bonds is 1. The van der Waals surface area contributed by atoms with Crippen molar-refractivity contribution in [1.29, 1.82) is 0 Å². The fraction of sp³-hybridized carbons (Fsp3) is 0.0714. The summed E-state index contributed by atoms with van der Waals surface area (Å²) in [5.41, 5.74) is 5.62. The van der Waals surface area contributed by atoms with E-state index in [0.717, 1.165) is 0 Å². The molecule has 2 nitrogen and oxygen atoms in total. The summed E-state index contributed by atoms with van der Waals surface area (Å²) in [6.45, 7) is -0.250. The van der Waals surface area contributed by atoms with Crippen LogP contribution < -0.4 is 0 Å². The second-order valence-corrected chi connectivity index (χ2v) is 3.69. The smallest absolute Gasteiger partial charge is 0.290 e. The van der Waals surface area contributed by atoms with E-state index < -0.39 is 0 Å². The first-order valence-corrected chi connectivity index (χ1v) is 5.09. The molecular weight excluding hydrogens is 200 g/mol. The molecule has 2 aliphatic rings. The summed E-state index contributed by atoms with van der Waals surface area (Å²) < 4.78 is 0. The zero-order valence-electron chi connectivity index (χ0n) is 8.76. The van der Waals surface area contributed by atoms with E-state index >= 15 is 0 Å². The van der Waals surface area contributed by atoms with Gasteiger partial charge in [0.15, 0.2) is 0 Å². The maximum atomic E-state index is 8.36. The van der Waals surface area contributed by atoms with Crippen LogP contribution in [0.25, 0.3) is 11.1 Å². The van der Waals surface area contributed by atoms with Gasteiger partial charge in [-0.3, -0.25) is 4.79 Å². The van der Waals surface area contributed by atoms with Crippen LogP contribution >= 0.6 is 0 Å². The van der Waals surface area contributed by atoms with Gasteiger partial charge in [0.05, 0.1) is 0 Å². The molecule has 0 fully saturated rings. The second kappa shape index (κ2) is 4.62. The Kier molecular flexibility index (Phi) is 3.01. The van der Waals surface area contributed by atoms with Crippen molar-refractivity contribution in [1.82, 2.24) is 0 Å². The molecular formula is C14H12O2. The SMILES string of the molecule is O=CO.c1ccc(-c2cc3cc(c2)C3)cc1. The third-order valence-electron chi connectivity index (χ3n) is 2.57. The van der Waals surface area contributed by atoms with E-state index in [4.69, 9.17) is 9.90 Å². The molecule has 0 saturated carbocycles. The van der Waals surface area contributed by atoms with Gasteiger partial charge in [0.1, 0.15) is 0 Å². The van der Waals surface area contributed by atoms with E-state index in [1.54, 1.807) is 0 Å². The quantitative estimate of drug-likeness (QED) is 0.630.